The minimum Gasteiger partial charge on any atom is -0.481 e. The molecule has 1 aliphatic rings. The Labute approximate surface area is 141 Å². The second-order valence-electron chi connectivity index (χ2n) is 6.23. The van der Waals surface area contributed by atoms with Crippen molar-refractivity contribution < 1.29 is 13.9 Å². The van der Waals surface area contributed by atoms with Crippen molar-refractivity contribution in [1.29, 1.82) is 0 Å². The van der Waals surface area contributed by atoms with E-state index < -0.39 is 6.10 Å². The lowest BCUT2D eigenvalue weighted by Gasteiger charge is -2.20. The van der Waals surface area contributed by atoms with Gasteiger partial charge in [0.15, 0.2) is 6.10 Å². The number of rotatable bonds is 5. The summed E-state index contributed by atoms with van der Waals surface area (Å²) in [5.41, 5.74) is 0.815. The molecule has 2 aromatic rings. The van der Waals surface area contributed by atoms with E-state index in [1.807, 2.05) is 12.1 Å². The molecule has 1 aliphatic carbocycles. The summed E-state index contributed by atoms with van der Waals surface area (Å²) in [6, 6.07) is 7.55. The first-order valence-corrected chi connectivity index (χ1v) is 8.56. The minimum atomic E-state index is -0.525. The molecule has 0 unspecified atom stereocenters. The van der Waals surface area contributed by atoms with Crippen molar-refractivity contribution in [3.63, 3.8) is 0 Å². The van der Waals surface area contributed by atoms with Crippen molar-refractivity contribution in [2.75, 3.05) is 0 Å². The van der Waals surface area contributed by atoms with Crippen molar-refractivity contribution in [2.24, 2.45) is 0 Å². The van der Waals surface area contributed by atoms with Crippen molar-refractivity contribution >= 4 is 5.91 Å². The topological polar surface area (TPSA) is 77.2 Å². The monoisotopic (exact) mass is 329 g/mol. The summed E-state index contributed by atoms with van der Waals surface area (Å²) < 4.78 is 10.9. The first-order valence-electron chi connectivity index (χ1n) is 8.56. The summed E-state index contributed by atoms with van der Waals surface area (Å²) in [6.07, 6.45) is 7.82. The van der Waals surface area contributed by atoms with Gasteiger partial charge in [-0.15, -0.1) is 10.2 Å². The Bertz CT molecular complexity index is 632. The number of carbonyl (C=O) groups excluding carboxylic acids is 1. The number of amides is 1. The van der Waals surface area contributed by atoms with Gasteiger partial charge in [0.2, 0.25) is 12.3 Å². The Morgan fingerprint density at radius 2 is 1.92 bits per heavy atom. The largest absolute Gasteiger partial charge is 0.481 e. The zero-order chi connectivity index (χ0) is 16.8. The summed E-state index contributed by atoms with van der Waals surface area (Å²) in [4.78, 5) is 12.3. The zero-order valence-corrected chi connectivity index (χ0v) is 13.9. The maximum atomic E-state index is 12.3. The van der Waals surface area contributed by atoms with Crippen LogP contribution in [0.25, 0.3) is 11.5 Å². The van der Waals surface area contributed by atoms with Crippen molar-refractivity contribution in [2.45, 2.75) is 57.6 Å². The van der Waals surface area contributed by atoms with Gasteiger partial charge in [-0.1, -0.05) is 25.7 Å². The summed E-state index contributed by atoms with van der Waals surface area (Å²) in [5.74, 6) is 1.05. The maximum Gasteiger partial charge on any atom is 0.260 e. The van der Waals surface area contributed by atoms with Crippen LogP contribution in [0.2, 0.25) is 0 Å². The molecule has 1 fully saturated rings. The maximum absolute atomic E-state index is 12.3. The number of hydrogen-bond acceptors (Lipinski definition) is 5. The van der Waals surface area contributed by atoms with Gasteiger partial charge in [0.1, 0.15) is 5.75 Å². The van der Waals surface area contributed by atoms with Gasteiger partial charge in [0, 0.05) is 11.6 Å². The minimum absolute atomic E-state index is 0.0529. The molecular weight excluding hydrogens is 306 g/mol. The molecule has 1 N–H and O–H groups in total. The van der Waals surface area contributed by atoms with E-state index in [1.165, 1.54) is 32.1 Å². The van der Waals surface area contributed by atoms with Gasteiger partial charge in [-0.05, 0) is 44.0 Å². The molecule has 1 aromatic carbocycles. The molecule has 0 saturated heterocycles. The average molecular weight is 329 g/mol. The molecule has 1 atom stereocenters. The van der Waals surface area contributed by atoms with Crippen LogP contribution in [0.5, 0.6) is 5.75 Å². The predicted molar refractivity (Wildman–Crippen MR) is 89.5 cm³/mol. The van der Waals surface area contributed by atoms with Crippen LogP contribution in [0.3, 0.4) is 0 Å². The summed E-state index contributed by atoms with van der Waals surface area (Å²) in [7, 11) is 0. The van der Waals surface area contributed by atoms with E-state index in [0.717, 1.165) is 18.4 Å². The zero-order valence-electron chi connectivity index (χ0n) is 13.9. The molecule has 3 rings (SSSR count). The SMILES string of the molecule is C[C@@H](Oc1ccc(-c2nnco2)cc1)C(=O)NC1CCCCCC1. The fourth-order valence-electron chi connectivity index (χ4n) is 2.97. The van der Waals surface area contributed by atoms with Gasteiger partial charge in [-0.2, -0.15) is 0 Å². The third-order valence-electron chi connectivity index (χ3n) is 4.34. The highest BCUT2D eigenvalue weighted by Crippen LogP contribution is 2.21. The molecule has 1 heterocycles. The van der Waals surface area contributed by atoms with E-state index >= 15 is 0 Å². The number of nitrogens with zero attached hydrogens (tertiary/aromatic N) is 2. The van der Waals surface area contributed by atoms with Crippen LogP contribution in [0, 0.1) is 0 Å². The van der Waals surface area contributed by atoms with Crippen LogP contribution in [0.1, 0.15) is 45.4 Å². The number of ether oxygens (including phenoxy) is 1. The molecule has 0 spiro atoms. The molecule has 0 bridgehead atoms. The molecule has 1 saturated carbocycles. The Hall–Kier alpha value is -2.37. The van der Waals surface area contributed by atoms with Crippen molar-refractivity contribution in [1.82, 2.24) is 15.5 Å². The lowest BCUT2D eigenvalue weighted by atomic mass is 10.1. The fraction of sp³-hybridized carbons (Fsp3) is 0.500. The van der Waals surface area contributed by atoms with E-state index in [1.54, 1.807) is 19.1 Å². The third-order valence-corrected chi connectivity index (χ3v) is 4.34. The van der Waals surface area contributed by atoms with Crippen molar-refractivity contribution in [3.05, 3.63) is 30.7 Å². The Kier molecular flexibility index (Phi) is 5.46. The van der Waals surface area contributed by atoms with E-state index in [2.05, 4.69) is 15.5 Å². The smallest absolute Gasteiger partial charge is 0.260 e. The number of aromatic nitrogens is 2. The Balaban J connectivity index is 1.53. The van der Waals surface area contributed by atoms with E-state index in [9.17, 15) is 4.79 Å². The van der Waals surface area contributed by atoms with Crippen LogP contribution in [0.4, 0.5) is 0 Å². The van der Waals surface area contributed by atoms with E-state index in [4.69, 9.17) is 9.15 Å². The number of benzene rings is 1. The van der Waals surface area contributed by atoms with E-state index in [0.29, 0.717) is 11.6 Å². The van der Waals surface area contributed by atoms with E-state index in [-0.39, 0.29) is 11.9 Å². The highest BCUT2D eigenvalue weighted by molar-refractivity contribution is 5.81. The molecule has 0 radical (unpaired) electrons. The molecule has 6 heteroatoms. The molecule has 24 heavy (non-hydrogen) atoms. The molecule has 128 valence electrons. The Morgan fingerprint density at radius 3 is 2.54 bits per heavy atom. The van der Waals surface area contributed by atoms with Crippen molar-refractivity contribution in [3.8, 4) is 17.2 Å². The second-order valence-corrected chi connectivity index (χ2v) is 6.23. The first-order chi connectivity index (χ1) is 11.7. The lowest BCUT2D eigenvalue weighted by Crippen LogP contribution is -2.42. The normalized spacial score (nSPS) is 17.0. The molecule has 6 nitrogen and oxygen atoms in total. The summed E-state index contributed by atoms with van der Waals surface area (Å²) in [6.45, 7) is 1.78. The first kappa shape index (κ1) is 16.5. The summed E-state index contributed by atoms with van der Waals surface area (Å²) in [5, 5.41) is 10.6. The molecule has 1 aromatic heterocycles. The number of carbonyl (C=O) groups is 1. The van der Waals surface area contributed by atoms with Gasteiger partial charge in [0.25, 0.3) is 5.91 Å². The highest BCUT2D eigenvalue weighted by atomic mass is 16.5. The average Bonchev–Trinajstić information content (AvgIpc) is 3.01. The van der Waals surface area contributed by atoms with Crippen LogP contribution in [0.15, 0.2) is 35.1 Å². The van der Waals surface area contributed by atoms with Gasteiger partial charge in [-0.25, -0.2) is 0 Å². The lowest BCUT2D eigenvalue weighted by molar-refractivity contribution is -0.128. The highest BCUT2D eigenvalue weighted by Gasteiger charge is 2.20. The fourth-order valence-corrected chi connectivity index (χ4v) is 2.97. The third kappa shape index (κ3) is 4.34. The number of nitrogens with one attached hydrogen (secondary N) is 1. The number of hydrogen-bond donors (Lipinski definition) is 1. The quantitative estimate of drug-likeness (QED) is 0.851. The predicted octanol–water partition coefficient (Wildman–Crippen LogP) is 3.34. The Morgan fingerprint density at radius 1 is 1.21 bits per heavy atom. The van der Waals surface area contributed by atoms with Crippen LogP contribution >= 0.6 is 0 Å². The van der Waals surface area contributed by atoms with Gasteiger partial charge < -0.3 is 14.5 Å². The second kappa shape index (κ2) is 7.95. The van der Waals surface area contributed by atoms with Gasteiger partial charge in [0.05, 0.1) is 0 Å². The standard InChI is InChI=1S/C18H23N3O3/c1-13(17(22)20-15-6-4-2-3-5-7-15)24-16-10-8-14(9-11-16)18-21-19-12-23-18/h8-13,15H,2-7H2,1H3,(H,20,22)/t13-/m1/s1. The summed E-state index contributed by atoms with van der Waals surface area (Å²) >= 11 is 0. The van der Waals surface area contributed by atoms with Crippen LogP contribution < -0.4 is 10.1 Å². The van der Waals surface area contributed by atoms with Gasteiger partial charge >= 0.3 is 0 Å². The van der Waals surface area contributed by atoms with Crippen LogP contribution in [-0.2, 0) is 4.79 Å². The molecule has 0 aliphatic heterocycles. The molecule has 1 amide bonds. The van der Waals surface area contributed by atoms with Crippen LogP contribution in [-0.4, -0.2) is 28.3 Å². The van der Waals surface area contributed by atoms with Gasteiger partial charge in [-0.3, -0.25) is 4.79 Å². The molecular formula is C18H23N3O3.